The number of methoxy groups -OCH3 is 2. The topological polar surface area (TPSA) is 48.3 Å². The number of anilines is 1. The normalized spacial score (nSPS) is 12.6. The zero-order valence-electron chi connectivity index (χ0n) is 14.3. The SMILES string of the molecule is COc1cccc(-c2nn(-c3ccc(F)cc3F)c3c2CCN3)c1OC. The number of para-hydroxylation sites is 1. The van der Waals surface area contributed by atoms with E-state index in [4.69, 9.17) is 9.47 Å². The summed E-state index contributed by atoms with van der Waals surface area (Å²) in [6.07, 6.45) is 0.744. The molecule has 0 fully saturated rings. The lowest BCUT2D eigenvalue weighted by Gasteiger charge is -2.12. The number of ether oxygens (including phenoxy) is 2. The van der Waals surface area contributed by atoms with Crippen molar-refractivity contribution in [1.82, 2.24) is 9.78 Å². The van der Waals surface area contributed by atoms with Gasteiger partial charge in [0.1, 0.15) is 23.0 Å². The molecule has 1 aliphatic rings. The molecule has 3 aromatic rings. The number of rotatable bonds is 4. The average Bonchev–Trinajstić information content (AvgIpc) is 3.24. The van der Waals surface area contributed by atoms with Crippen molar-refractivity contribution in [2.24, 2.45) is 0 Å². The van der Waals surface area contributed by atoms with Gasteiger partial charge in [-0.2, -0.15) is 5.10 Å². The van der Waals surface area contributed by atoms with E-state index in [1.807, 2.05) is 12.1 Å². The lowest BCUT2D eigenvalue weighted by atomic mass is 10.1. The summed E-state index contributed by atoms with van der Waals surface area (Å²) in [4.78, 5) is 0. The second kappa shape index (κ2) is 6.33. The number of aromatic nitrogens is 2. The van der Waals surface area contributed by atoms with E-state index in [-0.39, 0.29) is 5.69 Å². The van der Waals surface area contributed by atoms with E-state index in [0.717, 1.165) is 30.2 Å². The Kier molecular flexibility index (Phi) is 3.99. The van der Waals surface area contributed by atoms with Crippen LogP contribution in [0.5, 0.6) is 11.5 Å². The second-order valence-corrected chi connectivity index (χ2v) is 5.90. The summed E-state index contributed by atoms with van der Waals surface area (Å²) >= 11 is 0. The van der Waals surface area contributed by atoms with Crippen LogP contribution in [0, 0.1) is 11.6 Å². The van der Waals surface area contributed by atoms with Crippen LogP contribution in [-0.2, 0) is 6.42 Å². The molecule has 1 aromatic heterocycles. The molecule has 0 radical (unpaired) electrons. The highest BCUT2D eigenvalue weighted by atomic mass is 19.1. The molecule has 0 saturated carbocycles. The molecule has 5 nitrogen and oxygen atoms in total. The first-order valence-corrected chi connectivity index (χ1v) is 8.16. The van der Waals surface area contributed by atoms with Gasteiger partial charge in [0.15, 0.2) is 17.3 Å². The molecule has 26 heavy (non-hydrogen) atoms. The minimum absolute atomic E-state index is 0.185. The third kappa shape index (κ3) is 2.47. The first-order valence-electron chi connectivity index (χ1n) is 8.16. The smallest absolute Gasteiger partial charge is 0.170 e. The lowest BCUT2D eigenvalue weighted by molar-refractivity contribution is 0.356. The van der Waals surface area contributed by atoms with Gasteiger partial charge in [-0.3, -0.25) is 0 Å². The first-order chi connectivity index (χ1) is 12.6. The molecule has 4 rings (SSSR count). The monoisotopic (exact) mass is 357 g/mol. The molecule has 0 aliphatic carbocycles. The molecule has 2 heterocycles. The molecule has 1 N–H and O–H groups in total. The van der Waals surface area contributed by atoms with Gasteiger partial charge in [0.2, 0.25) is 0 Å². The zero-order chi connectivity index (χ0) is 18.3. The molecular formula is C19H17F2N3O2. The number of fused-ring (bicyclic) bond motifs is 1. The third-order valence-electron chi connectivity index (χ3n) is 4.45. The quantitative estimate of drug-likeness (QED) is 0.772. The minimum Gasteiger partial charge on any atom is -0.493 e. The molecule has 0 saturated heterocycles. The summed E-state index contributed by atoms with van der Waals surface area (Å²) in [6, 6.07) is 8.98. The number of nitrogens with one attached hydrogen (secondary N) is 1. The van der Waals surface area contributed by atoms with E-state index < -0.39 is 11.6 Å². The molecule has 0 atom stereocenters. The number of hydrogen-bond donors (Lipinski definition) is 1. The molecular weight excluding hydrogens is 340 g/mol. The summed E-state index contributed by atoms with van der Waals surface area (Å²) in [6.45, 7) is 0.718. The van der Waals surface area contributed by atoms with Gasteiger partial charge in [0, 0.05) is 23.7 Å². The standard InChI is InChI=1S/C19H17F2N3O2/c1-25-16-5-3-4-12(18(16)26-2)17-13-8-9-22-19(13)24(23-17)15-7-6-11(20)10-14(15)21/h3-7,10,22H,8-9H2,1-2H3. The maximum Gasteiger partial charge on any atom is 0.170 e. The van der Waals surface area contributed by atoms with E-state index >= 15 is 0 Å². The largest absolute Gasteiger partial charge is 0.493 e. The van der Waals surface area contributed by atoms with Crippen molar-refractivity contribution < 1.29 is 18.3 Å². The number of benzene rings is 2. The Morgan fingerprint density at radius 1 is 1.12 bits per heavy atom. The van der Waals surface area contributed by atoms with Gasteiger partial charge in [0.25, 0.3) is 0 Å². The van der Waals surface area contributed by atoms with Crippen LogP contribution >= 0.6 is 0 Å². The molecule has 0 amide bonds. The zero-order valence-corrected chi connectivity index (χ0v) is 14.3. The van der Waals surface area contributed by atoms with Crippen molar-refractivity contribution in [3.05, 3.63) is 53.6 Å². The van der Waals surface area contributed by atoms with E-state index in [0.29, 0.717) is 23.0 Å². The van der Waals surface area contributed by atoms with Crippen molar-refractivity contribution in [2.45, 2.75) is 6.42 Å². The Bertz CT molecular complexity index is 985. The van der Waals surface area contributed by atoms with E-state index in [9.17, 15) is 8.78 Å². The van der Waals surface area contributed by atoms with Crippen molar-refractivity contribution in [3.63, 3.8) is 0 Å². The maximum atomic E-state index is 14.3. The van der Waals surface area contributed by atoms with E-state index in [1.165, 1.54) is 16.8 Å². The van der Waals surface area contributed by atoms with Crippen molar-refractivity contribution in [3.8, 4) is 28.4 Å². The third-order valence-corrected chi connectivity index (χ3v) is 4.45. The average molecular weight is 357 g/mol. The van der Waals surface area contributed by atoms with Gasteiger partial charge >= 0.3 is 0 Å². The molecule has 7 heteroatoms. The molecule has 2 aromatic carbocycles. The lowest BCUT2D eigenvalue weighted by Crippen LogP contribution is -2.06. The van der Waals surface area contributed by atoms with E-state index in [1.54, 1.807) is 20.3 Å². The summed E-state index contributed by atoms with van der Waals surface area (Å²) < 4.78 is 39.9. The summed E-state index contributed by atoms with van der Waals surface area (Å²) in [5.74, 6) is 0.558. The Balaban J connectivity index is 1.93. The van der Waals surface area contributed by atoms with Crippen molar-refractivity contribution in [2.75, 3.05) is 26.1 Å². The van der Waals surface area contributed by atoms with Crippen LogP contribution in [0.3, 0.4) is 0 Å². The van der Waals surface area contributed by atoms with Crippen LogP contribution in [-0.4, -0.2) is 30.5 Å². The number of hydrogen-bond acceptors (Lipinski definition) is 4. The minimum atomic E-state index is -0.673. The van der Waals surface area contributed by atoms with Crippen LogP contribution in [0.25, 0.3) is 16.9 Å². The summed E-state index contributed by atoms with van der Waals surface area (Å²) in [5.41, 5.74) is 2.59. The van der Waals surface area contributed by atoms with Gasteiger partial charge < -0.3 is 14.8 Å². The number of halogens is 2. The second-order valence-electron chi connectivity index (χ2n) is 5.90. The maximum absolute atomic E-state index is 14.3. The highest BCUT2D eigenvalue weighted by Gasteiger charge is 2.27. The van der Waals surface area contributed by atoms with Crippen LogP contribution in [0.15, 0.2) is 36.4 Å². The van der Waals surface area contributed by atoms with Gasteiger partial charge in [-0.05, 0) is 30.7 Å². The van der Waals surface area contributed by atoms with Crippen LogP contribution in [0.2, 0.25) is 0 Å². The fourth-order valence-electron chi connectivity index (χ4n) is 3.29. The first kappa shape index (κ1) is 16.4. The Morgan fingerprint density at radius 2 is 1.96 bits per heavy atom. The predicted octanol–water partition coefficient (Wildman–Crippen LogP) is 3.80. The van der Waals surface area contributed by atoms with Crippen molar-refractivity contribution in [1.29, 1.82) is 0 Å². The molecule has 134 valence electrons. The van der Waals surface area contributed by atoms with Crippen LogP contribution < -0.4 is 14.8 Å². The Labute approximate surface area is 149 Å². The van der Waals surface area contributed by atoms with Crippen LogP contribution in [0.4, 0.5) is 14.6 Å². The fraction of sp³-hybridized carbons (Fsp3) is 0.211. The Morgan fingerprint density at radius 3 is 2.69 bits per heavy atom. The van der Waals surface area contributed by atoms with Gasteiger partial charge in [-0.25, -0.2) is 13.5 Å². The van der Waals surface area contributed by atoms with Crippen LogP contribution in [0.1, 0.15) is 5.56 Å². The Hall–Kier alpha value is -3.09. The fourth-order valence-corrected chi connectivity index (χ4v) is 3.29. The summed E-state index contributed by atoms with van der Waals surface area (Å²) in [7, 11) is 3.14. The van der Waals surface area contributed by atoms with Gasteiger partial charge in [-0.15, -0.1) is 0 Å². The predicted molar refractivity (Wildman–Crippen MR) is 94.2 cm³/mol. The summed E-state index contributed by atoms with van der Waals surface area (Å²) in [5, 5.41) is 7.84. The van der Waals surface area contributed by atoms with E-state index in [2.05, 4.69) is 10.4 Å². The van der Waals surface area contributed by atoms with Gasteiger partial charge in [-0.1, -0.05) is 6.07 Å². The van der Waals surface area contributed by atoms with Crippen molar-refractivity contribution >= 4 is 5.82 Å². The molecule has 0 unspecified atom stereocenters. The molecule has 0 bridgehead atoms. The molecule has 0 spiro atoms. The number of nitrogens with zero attached hydrogens (tertiary/aromatic N) is 2. The molecule has 1 aliphatic heterocycles. The highest BCUT2D eigenvalue weighted by molar-refractivity contribution is 5.78. The van der Waals surface area contributed by atoms with Gasteiger partial charge in [0.05, 0.1) is 14.2 Å². The highest BCUT2D eigenvalue weighted by Crippen LogP contribution is 2.42.